The Morgan fingerprint density at radius 2 is 2.24 bits per heavy atom. The molecule has 1 saturated heterocycles. The van der Waals surface area contributed by atoms with Gasteiger partial charge in [0.25, 0.3) is 0 Å². The predicted octanol–water partition coefficient (Wildman–Crippen LogP) is 3.89. The topological polar surface area (TPSA) is 45.2 Å². The van der Waals surface area contributed by atoms with Crippen molar-refractivity contribution in [2.75, 3.05) is 18.4 Å². The van der Waals surface area contributed by atoms with E-state index < -0.39 is 0 Å². The summed E-state index contributed by atoms with van der Waals surface area (Å²) in [5, 5.41) is 4.27. The molecule has 0 bridgehead atoms. The van der Waals surface area contributed by atoms with E-state index in [1.165, 1.54) is 17.7 Å². The molecule has 1 fully saturated rings. The molecule has 1 aliphatic heterocycles. The van der Waals surface area contributed by atoms with E-state index in [-0.39, 0.29) is 0 Å². The first-order valence-electron chi connectivity index (χ1n) is 8.19. The highest BCUT2D eigenvalue weighted by molar-refractivity contribution is 7.15. The van der Waals surface area contributed by atoms with Gasteiger partial charge in [-0.2, -0.15) is 0 Å². The number of amides is 1. The van der Waals surface area contributed by atoms with E-state index in [0.29, 0.717) is 12.3 Å². The van der Waals surface area contributed by atoms with E-state index in [1.807, 2.05) is 11.1 Å². The minimum absolute atomic E-state index is 0.310. The molecule has 5 heteroatoms. The van der Waals surface area contributed by atoms with Gasteiger partial charge in [-0.25, -0.2) is 4.98 Å². The summed E-state index contributed by atoms with van der Waals surface area (Å²) in [7, 11) is 0. The maximum atomic E-state index is 12.2. The van der Waals surface area contributed by atoms with Crippen LogP contribution in [0.2, 0.25) is 0 Å². The van der Waals surface area contributed by atoms with Crippen molar-refractivity contribution >= 4 is 22.4 Å². The van der Waals surface area contributed by atoms with E-state index in [0.717, 1.165) is 49.9 Å². The third kappa shape index (κ3) is 4.99. The van der Waals surface area contributed by atoms with Gasteiger partial charge in [0.2, 0.25) is 5.91 Å². The van der Waals surface area contributed by atoms with Gasteiger partial charge in [0.1, 0.15) is 0 Å². The van der Waals surface area contributed by atoms with Crippen molar-refractivity contribution in [3.8, 4) is 0 Å². The fourth-order valence-corrected chi connectivity index (χ4v) is 3.69. The lowest BCUT2D eigenvalue weighted by Crippen LogP contribution is -2.29. The van der Waals surface area contributed by atoms with Crippen molar-refractivity contribution in [3.05, 3.63) is 11.1 Å². The van der Waals surface area contributed by atoms with E-state index in [9.17, 15) is 4.79 Å². The van der Waals surface area contributed by atoms with Crippen molar-refractivity contribution in [3.63, 3.8) is 0 Å². The Hall–Kier alpha value is -1.10. The van der Waals surface area contributed by atoms with Crippen LogP contribution in [0.4, 0.5) is 5.13 Å². The van der Waals surface area contributed by atoms with Crippen LogP contribution in [-0.2, 0) is 11.3 Å². The molecular weight excluding hydrogens is 282 g/mol. The molecule has 1 N–H and O–H groups in total. The molecule has 0 saturated carbocycles. The summed E-state index contributed by atoms with van der Waals surface area (Å²) in [4.78, 5) is 19.8. The number of nitrogens with zero attached hydrogens (tertiary/aromatic N) is 2. The number of aromatic nitrogens is 1. The molecule has 1 aromatic rings. The second-order valence-electron chi connectivity index (χ2n) is 5.86. The Morgan fingerprint density at radius 3 is 3.00 bits per heavy atom. The van der Waals surface area contributed by atoms with Gasteiger partial charge in [-0.05, 0) is 25.2 Å². The lowest BCUT2D eigenvalue weighted by atomic mass is 9.96. The summed E-state index contributed by atoms with van der Waals surface area (Å²) >= 11 is 1.67. The molecule has 2 heterocycles. The molecule has 1 amide bonds. The molecule has 0 aliphatic carbocycles. The number of carbonyl (C=O) groups excluding carboxylic acids is 1. The highest BCUT2D eigenvalue weighted by Gasteiger charge is 2.22. The first kappa shape index (κ1) is 16.3. The normalized spacial score (nSPS) is 19.6. The third-order valence-corrected chi connectivity index (χ3v) is 4.99. The van der Waals surface area contributed by atoms with Crippen LogP contribution in [0.15, 0.2) is 6.20 Å². The molecule has 118 valence electrons. The Kier molecular flexibility index (Phi) is 6.49. The van der Waals surface area contributed by atoms with Crippen molar-refractivity contribution < 1.29 is 4.79 Å². The second kappa shape index (κ2) is 8.37. The molecule has 0 radical (unpaired) electrons. The van der Waals surface area contributed by atoms with E-state index >= 15 is 0 Å². The van der Waals surface area contributed by atoms with Crippen LogP contribution in [-0.4, -0.2) is 28.9 Å². The Morgan fingerprint density at radius 1 is 1.38 bits per heavy atom. The lowest BCUT2D eigenvalue weighted by Gasteiger charge is -2.19. The summed E-state index contributed by atoms with van der Waals surface area (Å²) in [6.07, 6.45) is 8.41. The quantitative estimate of drug-likeness (QED) is 0.831. The molecule has 1 aliphatic rings. The Labute approximate surface area is 132 Å². The Balaban J connectivity index is 1.89. The number of anilines is 1. The lowest BCUT2D eigenvalue weighted by molar-refractivity contribution is -0.131. The van der Waals surface area contributed by atoms with Crippen LogP contribution in [0.1, 0.15) is 57.2 Å². The fraction of sp³-hybridized carbons (Fsp3) is 0.750. The van der Waals surface area contributed by atoms with Gasteiger partial charge in [0.05, 0.1) is 6.54 Å². The Bertz CT molecular complexity index is 446. The van der Waals surface area contributed by atoms with Crippen LogP contribution in [0.5, 0.6) is 0 Å². The molecule has 0 aromatic carbocycles. The van der Waals surface area contributed by atoms with Gasteiger partial charge in [0.15, 0.2) is 5.13 Å². The minimum Gasteiger partial charge on any atom is -0.362 e. The monoisotopic (exact) mass is 309 g/mol. The van der Waals surface area contributed by atoms with Crippen LogP contribution in [0.3, 0.4) is 0 Å². The van der Waals surface area contributed by atoms with E-state index in [4.69, 9.17) is 0 Å². The maximum Gasteiger partial charge on any atom is 0.222 e. The van der Waals surface area contributed by atoms with Gasteiger partial charge in [-0.1, -0.05) is 26.7 Å². The highest BCUT2D eigenvalue weighted by atomic mass is 32.1. The number of carbonyl (C=O) groups is 1. The van der Waals surface area contributed by atoms with Gasteiger partial charge >= 0.3 is 0 Å². The van der Waals surface area contributed by atoms with Crippen molar-refractivity contribution in [2.45, 2.75) is 58.9 Å². The number of thiazole rings is 1. The highest BCUT2D eigenvalue weighted by Crippen LogP contribution is 2.25. The largest absolute Gasteiger partial charge is 0.362 e. The summed E-state index contributed by atoms with van der Waals surface area (Å²) in [6, 6.07) is 0. The standard InChI is InChI=1S/C16H27N3OS/c1-3-5-13-6-7-15(20)19(10-8-13)12-14-11-18-16(21-14)17-9-4-2/h11,13H,3-10,12H2,1-2H3,(H,17,18). The van der Waals surface area contributed by atoms with Crippen molar-refractivity contribution in [2.24, 2.45) is 5.92 Å². The first-order chi connectivity index (χ1) is 10.2. The molecule has 2 rings (SSSR count). The zero-order valence-electron chi connectivity index (χ0n) is 13.2. The summed E-state index contributed by atoms with van der Waals surface area (Å²) < 4.78 is 0. The SMILES string of the molecule is CCCNc1ncc(CN2CCC(CCC)CCC2=O)s1. The first-order valence-corrected chi connectivity index (χ1v) is 9.01. The molecule has 1 unspecified atom stereocenters. The summed E-state index contributed by atoms with van der Waals surface area (Å²) in [5.41, 5.74) is 0. The molecule has 21 heavy (non-hydrogen) atoms. The van der Waals surface area contributed by atoms with Crippen molar-refractivity contribution in [1.82, 2.24) is 9.88 Å². The molecular formula is C16H27N3OS. The number of hydrogen-bond acceptors (Lipinski definition) is 4. The van der Waals surface area contributed by atoms with Gasteiger partial charge in [0, 0.05) is 30.6 Å². The van der Waals surface area contributed by atoms with Crippen LogP contribution < -0.4 is 5.32 Å². The smallest absolute Gasteiger partial charge is 0.222 e. The number of rotatable bonds is 7. The van der Waals surface area contributed by atoms with E-state index in [1.54, 1.807) is 11.3 Å². The van der Waals surface area contributed by atoms with Crippen molar-refractivity contribution in [1.29, 1.82) is 0 Å². The number of nitrogens with one attached hydrogen (secondary N) is 1. The van der Waals surface area contributed by atoms with Crippen LogP contribution in [0.25, 0.3) is 0 Å². The second-order valence-corrected chi connectivity index (χ2v) is 6.97. The van der Waals surface area contributed by atoms with Gasteiger partial charge in [-0.15, -0.1) is 11.3 Å². The third-order valence-electron chi connectivity index (χ3n) is 4.05. The minimum atomic E-state index is 0.310. The van der Waals surface area contributed by atoms with E-state index in [2.05, 4.69) is 24.1 Å². The summed E-state index contributed by atoms with van der Waals surface area (Å²) in [5.74, 6) is 1.04. The maximum absolute atomic E-state index is 12.2. The average molecular weight is 309 g/mol. The summed E-state index contributed by atoms with van der Waals surface area (Å²) in [6.45, 7) is 6.95. The number of likely N-dealkylation sites (tertiary alicyclic amines) is 1. The van der Waals surface area contributed by atoms with Crippen LogP contribution >= 0.6 is 11.3 Å². The average Bonchev–Trinajstić information content (AvgIpc) is 2.86. The molecule has 0 spiro atoms. The van der Waals surface area contributed by atoms with Gasteiger partial charge < -0.3 is 10.2 Å². The predicted molar refractivity (Wildman–Crippen MR) is 88.6 cm³/mol. The van der Waals surface area contributed by atoms with Gasteiger partial charge in [-0.3, -0.25) is 4.79 Å². The molecule has 1 aromatic heterocycles. The molecule has 1 atom stereocenters. The van der Waals surface area contributed by atoms with Crippen LogP contribution in [0, 0.1) is 5.92 Å². The number of hydrogen-bond donors (Lipinski definition) is 1. The molecule has 4 nitrogen and oxygen atoms in total. The zero-order valence-corrected chi connectivity index (χ0v) is 14.0. The fourth-order valence-electron chi connectivity index (χ4n) is 2.84. The zero-order chi connectivity index (χ0) is 15.1.